The van der Waals surface area contributed by atoms with Gasteiger partial charge in [0.15, 0.2) is 16.7 Å². The van der Waals surface area contributed by atoms with Crippen LogP contribution in [0.5, 0.6) is 11.5 Å². The Morgan fingerprint density at radius 2 is 1.90 bits per heavy atom. The van der Waals surface area contributed by atoms with Crippen LogP contribution in [0.2, 0.25) is 0 Å². The summed E-state index contributed by atoms with van der Waals surface area (Å²) in [5.74, 6) is 2.20. The van der Waals surface area contributed by atoms with Crippen LogP contribution in [0, 0.1) is 0 Å². The Hall–Kier alpha value is -1.69. The molecule has 21 heavy (non-hydrogen) atoms. The van der Waals surface area contributed by atoms with Gasteiger partial charge in [0.1, 0.15) is 0 Å². The van der Waals surface area contributed by atoms with Gasteiger partial charge in [0.05, 0.1) is 25.5 Å². The number of amidine groups is 1. The Labute approximate surface area is 129 Å². The Morgan fingerprint density at radius 3 is 2.43 bits per heavy atom. The van der Waals surface area contributed by atoms with Gasteiger partial charge in [-0.15, -0.1) is 0 Å². The molecule has 0 aliphatic carbocycles. The number of nitrogens with zero attached hydrogens (tertiary/aromatic N) is 2. The van der Waals surface area contributed by atoms with E-state index in [4.69, 9.17) is 9.47 Å². The summed E-state index contributed by atoms with van der Waals surface area (Å²) >= 11 is 1.65. The van der Waals surface area contributed by atoms with Crippen molar-refractivity contribution in [3.05, 3.63) is 23.8 Å². The summed E-state index contributed by atoms with van der Waals surface area (Å²) in [5.41, 5.74) is 4.90. The van der Waals surface area contributed by atoms with E-state index < -0.39 is 0 Å². The van der Waals surface area contributed by atoms with E-state index in [0.717, 1.165) is 22.2 Å². The summed E-state index contributed by atoms with van der Waals surface area (Å²) in [4.78, 5) is 4.57. The van der Waals surface area contributed by atoms with Gasteiger partial charge < -0.3 is 9.47 Å². The summed E-state index contributed by atoms with van der Waals surface area (Å²) < 4.78 is 10.6. The number of methoxy groups -OCH3 is 2. The summed E-state index contributed by atoms with van der Waals surface area (Å²) in [6.07, 6.45) is 0. The first-order chi connectivity index (χ1) is 9.93. The monoisotopic (exact) mass is 307 g/mol. The molecule has 2 rings (SSSR count). The van der Waals surface area contributed by atoms with Gasteiger partial charge in [-0.05, 0) is 39.0 Å². The molecule has 114 valence electrons. The fourth-order valence-electron chi connectivity index (χ4n) is 1.84. The van der Waals surface area contributed by atoms with Crippen molar-refractivity contribution in [2.24, 2.45) is 10.1 Å². The molecule has 0 spiro atoms. The lowest BCUT2D eigenvalue weighted by Crippen LogP contribution is -2.28. The molecule has 5 nitrogen and oxygen atoms in total. The van der Waals surface area contributed by atoms with Crippen molar-refractivity contribution in [3.63, 3.8) is 0 Å². The van der Waals surface area contributed by atoms with E-state index in [2.05, 4.69) is 36.3 Å². The van der Waals surface area contributed by atoms with E-state index in [0.29, 0.717) is 11.5 Å². The van der Waals surface area contributed by atoms with Crippen LogP contribution >= 0.6 is 11.8 Å². The Balaban J connectivity index is 2.19. The van der Waals surface area contributed by atoms with Crippen molar-refractivity contribution in [2.45, 2.75) is 26.3 Å². The van der Waals surface area contributed by atoms with Gasteiger partial charge in [-0.2, -0.15) is 5.10 Å². The Bertz CT molecular complexity index is 577. The summed E-state index contributed by atoms with van der Waals surface area (Å²) in [5, 5.41) is 5.27. The minimum Gasteiger partial charge on any atom is -0.493 e. The molecule has 0 aromatic heterocycles. The second-order valence-corrected chi connectivity index (χ2v) is 6.58. The van der Waals surface area contributed by atoms with Crippen LogP contribution in [-0.4, -0.2) is 36.4 Å². The highest BCUT2D eigenvalue weighted by Gasteiger charge is 2.17. The number of ether oxygens (including phenoxy) is 2. The van der Waals surface area contributed by atoms with Crippen molar-refractivity contribution in [1.29, 1.82) is 0 Å². The van der Waals surface area contributed by atoms with Gasteiger partial charge in [0.2, 0.25) is 0 Å². The SMILES string of the molecule is COc1ccc(C2=NNC(=NC(C)(C)C)SC2)cc1OC. The lowest BCUT2D eigenvalue weighted by molar-refractivity contribution is 0.355. The highest BCUT2D eigenvalue weighted by Crippen LogP contribution is 2.28. The molecule has 0 unspecified atom stereocenters. The third kappa shape index (κ3) is 4.14. The van der Waals surface area contributed by atoms with Gasteiger partial charge in [-0.25, -0.2) is 0 Å². The topological polar surface area (TPSA) is 55.2 Å². The maximum absolute atomic E-state index is 5.32. The van der Waals surface area contributed by atoms with Gasteiger partial charge >= 0.3 is 0 Å². The quantitative estimate of drug-likeness (QED) is 0.933. The molecule has 1 heterocycles. The van der Waals surface area contributed by atoms with Crippen LogP contribution in [0.15, 0.2) is 28.3 Å². The number of hydrazone groups is 1. The maximum atomic E-state index is 5.32. The molecule has 0 radical (unpaired) electrons. The number of thioether (sulfide) groups is 1. The molecule has 1 aliphatic rings. The second-order valence-electron chi connectivity index (χ2n) is 5.62. The van der Waals surface area contributed by atoms with Gasteiger partial charge in [0, 0.05) is 11.3 Å². The van der Waals surface area contributed by atoms with E-state index in [9.17, 15) is 0 Å². The number of hydrogen-bond donors (Lipinski definition) is 1. The minimum absolute atomic E-state index is 0.105. The minimum atomic E-state index is -0.105. The molecular weight excluding hydrogens is 286 g/mol. The summed E-state index contributed by atoms with van der Waals surface area (Å²) in [6.45, 7) is 6.20. The third-order valence-corrected chi connectivity index (χ3v) is 3.66. The molecule has 1 aromatic carbocycles. The molecule has 1 aromatic rings. The average molecular weight is 307 g/mol. The fraction of sp³-hybridized carbons (Fsp3) is 0.467. The van der Waals surface area contributed by atoms with Crippen LogP contribution in [-0.2, 0) is 0 Å². The first kappa shape index (κ1) is 15.7. The highest BCUT2D eigenvalue weighted by molar-refractivity contribution is 8.14. The maximum Gasteiger partial charge on any atom is 0.178 e. The predicted octanol–water partition coefficient (Wildman–Crippen LogP) is 2.90. The zero-order chi connectivity index (χ0) is 15.5. The van der Waals surface area contributed by atoms with Crippen LogP contribution < -0.4 is 14.9 Å². The molecule has 6 heteroatoms. The van der Waals surface area contributed by atoms with E-state index in [1.165, 1.54) is 0 Å². The lowest BCUT2D eigenvalue weighted by atomic mass is 10.1. The van der Waals surface area contributed by atoms with Crippen LogP contribution in [0.25, 0.3) is 0 Å². The molecular formula is C15H21N3O2S. The molecule has 0 saturated heterocycles. The van der Waals surface area contributed by atoms with Crippen molar-refractivity contribution < 1.29 is 9.47 Å². The number of rotatable bonds is 3. The van der Waals surface area contributed by atoms with Gasteiger partial charge in [-0.1, -0.05) is 11.8 Å². The number of benzene rings is 1. The molecule has 1 N–H and O–H groups in total. The standard InChI is InChI=1S/C15H21N3O2S/c1-15(2,3)16-14-18-17-11(9-21-14)10-6-7-12(19-4)13(8-10)20-5/h6-8H,9H2,1-5H3,(H,16,18). The van der Waals surface area contributed by atoms with E-state index >= 15 is 0 Å². The smallest absolute Gasteiger partial charge is 0.178 e. The average Bonchev–Trinajstić information content (AvgIpc) is 2.45. The molecule has 0 fully saturated rings. The third-order valence-electron chi connectivity index (χ3n) is 2.79. The van der Waals surface area contributed by atoms with Crippen molar-refractivity contribution in [2.75, 3.05) is 20.0 Å². The molecule has 0 atom stereocenters. The highest BCUT2D eigenvalue weighted by atomic mass is 32.2. The molecule has 0 saturated carbocycles. The molecule has 1 aliphatic heterocycles. The summed E-state index contributed by atoms with van der Waals surface area (Å²) in [6, 6.07) is 5.81. The number of hydrogen-bond acceptors (Lipinski definition) is 5. The summed E-state index contributed by atoms with van der Waals surface area (Å²) in [7, 11) is 3.26. The molecule has 0 amide bonds. The molecule has 0 bridgehead atoms. The zero-order valence-electron chi connectivity index (χ0n) is 13.1. The van der Waals surface area contributed by atoms with Crippen molar-refractivity contribution in [1.82, 2.24) is 5.43 Å². The van der Waals surface area contributed by atoms with Crippen LogP contribution in [0.4, 0.5) is 0 Å². The predicted molar refractivity (Wildman–Crippen MR) is 88.9 cm³/mol. The van der Waals surface area contributed by atoms with E-state index in [1.54, 1.807) is 26.0 Å². The van der Waals surface area contributed by atoms with Crippen LogP contribution in [0.3, 0.4) is 0 Å². The van der Waals surface area contributed by atoms with Crippen LogP contribution in [0.1, 0.15) is 26.3 Å². The van der Waals surface area contributed by atoms with Crippen molar-refractivity contribution >= 4 is 22.6 Å². The largest absolute Gasteiger partial charge is 0.493 e. The second kappa shape index (κ2) is 6.39. The van der Waals surface area contributed by atoms with Crippen molar-refractivity contribution in [3.8, 4) is 11.5 Å². The number of aliphatic imine (C=N–C) groups is 1. The first-order valence-corrected chi connectivity index (χ1v) is 7.69. The van der Waals surface area contributed by atoms with Gasteiger partial charge in [0.25, 0.3) is 0 Å². The Morgan fingerprint density at radius 1 is 1.19 bits per heavy atom. The Kier molecular flexibility index (Phi) is 4.77. The normalized spacial score (nSPS) is 17.2. The number of nitrogens with one attached hydrogen (secondary N) is 1. The first-order valence-electron chi connectivity index (χ1n) is 6.70. The van der Waals surface area contributed by atoms with E-state index in [-0.39, 0.29) is 5.54 Å². The zero-order valence-corrected chi connectivity index (χ0v) is 13.9. The van der Waals surface area contributed by atoms with E-state index in [1.807, 2.05) is 18.2 Å². The fourth-order valence-corrected chi connectivity index (χ4v) is 2.80. The lowest BCUT2D eigenvalue weighted by Gasteiger charge is -2.19. The van der Waals surface area contributed by atoms with Gasteiger partial charge in [-0.3, -0.25) is 10.4 Å².